The zero-order valence-corrected chi connectivity index (χ0v) is 13.5. The molecule has 2 aromatic carbocycles. The number of fused-ring (bicyclic) bond motifs is 1. The van der Waals surface area contributed by atoms with Crippen molar-refractivity contribution in [2.24, 2.45) is 17.1 Å². The molecule has 1 aliphatic rings. The van der Waals surface area contributed by atoms with E-state index in [1.807, 2.05) is 0 Å². The van der Waals surface area contributed by atoms with Gasteiger partial charge in [-0.25, -0.2) is 0 Å². The van der Waals surface area contributed by atoms with E-state index in [0.717, 1.165) is 18.8 Å². The first-order valence-corrected chi connectivity index (χ1v) is 8.17. The molecule has 0 heterocycles. The number of benzene rings is 2. The average molecular weight is 281 g/mol. The Morgan fingerprint density at radius 3 is 2.19 bits per heavy atom. The van der Waals surface area contributed by atoms with Crippen molar-refractivity contribution in [2.75, 3.05) is 0 Å². The number of nitrogens with two attached hydrogens (primary N) is 1. The molecule has 0 amide bonds. The maximum Gasteiger partial charge on any atom is 0.0410 e. The van der Waals surface area contributed by atoms with Crippen LogP contribution in [-0.2, 0) is 5.54 Å². The van der Waals surface area contributed by atoms with Crippen LogP contribution in [0.2, 0.25) is 0 Å². The van der Waals surface area contributed by atoms with Crippen LogP contribution < -0.4 is 5.73 Å². The van der Waals surface area contributed by atoms with Gasteiger partial charge in [0.05, 0.1) is 0 Å². The molecular weight excluding hydrogens is 254 g/mol. The molecule has 0 unspecified atom stereocenters. The summed E-state index contributed by atoms with van der Waals surface area (Å²) in [4.78, 5) is 0. The third-order valence-corrected chi connectivity index (χ3v) is 5.43. The van der Waals surface area contributed by atoms with Crippen LogP contribution in [0.15, 0.2) is 42.5 Å². The van der Waals surface area contributed by atoms with E-state index in [4.69, 9.17) is 5.73 Å². The minimum absolute atomic E-state index is 0.133. The molecule has 0 atom stereocenters. The van der Waals surface area contributed by atoms with Crippen LogP contribution >= 0.6 is 0 Å². The molecule has 2 N–H and O–H groups in total. The van der Waals surface area contributed by atoms with Crippen molar-refractivity contribution in [3.05, 3.63) is 48.0 Å². The lowest BCUT2D eigenvalue weighted by molar-refractivity contribution is 0.134. The third-order valence-electron chi connectivity index (χ3n) is 5.43. The first-order chi connectivity index (χ1) is 9.88. The SMILES string of the molecule is CC(C)(C)C1CCC(N)(c2ccc3ccccc3c2)CC1. The Hall–Kier alpha value is -1.34. The highest BCUT2D eigenvalue weighted by Crippen LogP contribution is 2.44. The fourth-order valence-corrected chi connectivity index (χ4v) is 3.79. The van der Waals surface area contributed by atoms with Gasteiger partial charge in [-0.15, -0.1) is 0 Å². The fourth-order valence-electron chi connectivity index (χ4n) is 3.79. The van der Waals surface area contributed by atoms with Gasteiger partial charge in [-0.1, -0.05) is 57.2 Å². The van der Waals surface area contributed by atoms with E-state index in [1.54, 1.807) is 0 Å². The minimum atomic E-state index is -0.133. The predicted molar refractivity (Wildman–Crippen MR) is 91.2 cm³/mol. The molecule has 1 heteroatoms. The van der Waals surface area contributed by atoms with E-state index < -0.39 is 0 Å². The highest BCUT2D eigenvalue weighted by Gasteiger charge is 2.37. The van der Waals surface area contributed by atoms with Gasteiger partial charge in [0.25, 0.3) is 0 Å². The Kier molecular flexibility index (Phi) is 3.57. The lowest BCUT2D eigenvalue weighted by Gasteiger charge is -2.42. The second kappa shape index (κ2) is 5.14. The largest absolute Gasteiger partial charge is 0.321 e. The molecule has 1 aliphatic carbocycles. The van der Waals surface area contributed by atoms with Crippen molar-refractivity contribution >= 4 is 10.8 Å². The van der Waals surface area contributed by atoms with E-state index in [-0.39, 0.29) is 5.54 Å². The third kappa shape index (κ3) is 2.85. The van der Waals surface area contributed by atoms with Crippen LogP contribution in [0.25, 0.3) is 10.8 Å². The van der Waals surface area contributed by atoms with Crippen LogP contribution in [0.1, 0.15) is 52.0 Å². The van der Waals surface area contributed by atoms with Gasteiger partial charge in [-0.05, 0) is 59.4 Å². The van der Waals surface area contributed by atoms with Gasteiger partial charge in [0.2, 0.25) is 0 Å². The zero-order chi connectivity index (χ0) is 15.1. The van der Waals surface area contributed by atoms with E-state index in [2.05, 4.69) is 63.2 Å². The first kappa shape index (κ1) is 14.6. The summed E-state index contributed by atoms with van der Waals surface area (Å²) in [6.07, 6.45) is 4.69. The molecule has 3 rings (SSSR count). The lowest BCUT2D eigenvalue weighted by atomic mass is 9.66. The average Bonchev–Trinajstić information content (AvgIpc) is 2.46. The minimum Gasteiger partial charge on any atom is -0.321 e. The molecule has 21 heavy (non-hydrogen) atoms. The van der Waals surface area contributed by atoms with Crippen molar-refractivity contribution in [2.45, 2.75) is 52.0 Å². The zero-order valence-electron chi connectivity index (χ0n) is 13.5. The Labute approximate surface area is 128 Å². The fraction of sp³-hybridized carbons (Fsp3) is 0.500. The van der Waals surface area contributed by atoms with Crippen molar-refractivity contribution in [1.82, 2.24) is 0 Å². The number of hydrogen-bond donors (Lipinski definition) is 1. The summed E-state index contributed by atoms with van der Waals surface area (Å²) >= 11 is 0. The van der Waals surface area contributed by atoms with E-state index in [1.165, 1.54) is 29.2 Å². The Bertz CT molecular complexity index is 628. The molecule has 0 radical (unpaired) electrons. The van der Waals surface area contributed by atoms with Crippen molar-refractivity contribution in [1.29, 1.82) is 0 Å². The summed E-state index contributed by atoms with van der Waals surface area (Å²) < 4.78 is 0. The van der Waals surface area contributed by atoms with Gasteiger partial charge < -0.3 is 5.73 Å². The topological polar surface area (TPSA) is 26.0 Å². The van der Waals surface area contributed by atoms with Crippen molar-refractivity contribution in [3.8, 4) is 0 Å². The molecule has 112 valence electrons. The van der Waals surface area contributed by atoms with Gasteiger partial charge in [0, 0.05) is 5.54 Å². The maximum absolute atomic E-state index is 6.78. The van der Waals surface area contributed by atoms with Crippen LogP contribution in [0.5, 0.6) is 0 Å². The summed E-state index contributed by atoms with van der Waals surface area (Å²) in [6, 6.07) is 15.3. The second-order valence-electron chi connectivity index (χ2n) is 7.86. The molecule has 0 aromatic heterocycles. The molecule has 0 aliphatic heterocycles. The maximum atomic E-state index is 6.78. The summed E-state index contributed by atoms with van der Waals surface area (Å²) in [7, 11) is 0. The number of rotatable bonds is 1. The molecule has 1 nitrogen and oxygen atoms in total. The van der Waals surface area contributed by atoms with Gasteiger partial charge in [-0.3, -0.25) is 0 Å². The summed E-state index contributed by atoms with van der Waals surface area (Å²) in [5, 5.41) is 2.60. The van der Waals surface area contributed by atoms with Gasteiger partial charge >= 0.3 is 0 Å². The summed E-state index contributed by atoms with van der Waals surface area (Å²) in [6.45, 7) is 7.08. The molecule has 0 bridgehead atoms. The van der Waals surface area contributed by atoms with Gasteiger partial charge in [0.1, 0.15) is 0 Å². The van der Waals surface area contributed by atoms with Crippen molar-refractivity contribution in [3.63, 3.8) is 0 Å². The van der Waals surface area contributed by atoms with E-state index in [0.29, 0.717) is 5.41 Å². The molecule has 2 aromatic rings. The van der Waals surface area contributed by atoms with E-state index in [9.17, 15) is 0 Å². The highest BCUT2D eigenvalue weighted by atomic mass is 14.7. The summed E-state index contributed by atoms with van der Waals surface area (Å²) in [5.74, 6) is 0.801. The molecule has 1 saturated carbocycles. The molecule has 0 saturated heterocycles. The van der Waals surface area contributed by atoms with Crippen LogP contribution in [-0.4, -0.2) is 0 Å². The quantitative estimate of drug-likeness (QED) is 0.761. The standard InChI is InChI=1S/C20H27N/c1-19(2,3)17-10-12-20(21,13-11-17)18-9-8-15-6-4-5-7-16(15)14-18/h4-9,14,17H,10-13,21H2,1-3H3. The normalized spacial score (nSPS) is 27.0. The first-order valence-electron chi connectivity index (χ1n) is 8.17. The molecular formula is C20H27N. The van der Waals surface area contributed by atoms with Gasteiger partial charge in [-0.2, -0.15) is 0 Å². The summed E-state index contributed by atoms with van der Waals surface area (Å²) in [5.41, 5.74) is 8.36. The Morgan fingerprint density at radius 1 is 0.952 bits per heavy atom. The molecule has 0 spiro atoms. The van der Waals surface area contributed by atoms with Crippen LogP contribution in [0, 0.1) is 11.3 Å². The van der Waals surface area contributed by atoms with Crippen LogP contribution in [0.4, 0.5) is 0 Å². The van der Waals surface area contributed by atoms with E-state index >= 15 is 0 Å². The number of hydrogen-bond acceptors (Lipinski definition) is 1. The highest BCUT2D eigenvalue weighted by molar-refractivity contribution is 5.83. The lowest BCUT2D eigenvalue weighted by Crippen LogP contribution is -2.42. The Balaban J connectivity index is 1.85. The van der Waals surface area contributed by atoms with Crippen LogP contribution in [0.3, 0.4) is 0 Å². The molecule has 1 fully saturated rings. The monoisotopic (exact) mass is 281 g/mol. The van der Waals surface area contributed by atoms with Gasteiger partial charge in [0.15, 0.2) is 0 Å². The second-order valence-corrected chi connectivity index (χ2v) is 7.86. The Morgan fingerprint density at radius 2 is 1.57 bits per heavy atom. The predicted octanol–water partition coefficient (Wildman–Crippen LogP) is 5.23. The van der Waals surface area contributed by atoms with Crippen molar-refractivity contribution < 1.29 is 0 Å². The smallest absolute Gasteiger partial charge is 0.0410 e.